The lowest BCUT2D eigenvalue weighted by Crippen LogP contribution is -2.08. The zero-order valence-electron chi connectivity index (χ0n) is 9.90. The summed E-state index contributed by atoms with van der Waals surface area (Å²) in [6, 6.07) is 12.6. The molecule has 0 spiro atoms. The first-order valence-corrected chi connectivity index (χ1v) is 6.70. The van der Waals surface area contributed by atoms with Crippen molar-refractivity contribution in [2.75, 3.05) is 0 Å². The predicted octanol–water partition coefficient (Wildman–Crippen LogP) is 4.21. The van der Waals surface area contributed by atoms with Crippen LogP contribution in [-0.4, -0.2) is 4.99 Å². The van der Waals surface area contributed by atoms with E-state index in [4.69, 9.17) is 45.9 Å². The highest BCUT2D eigenvalue weighted by Gasteiger charge is 2.06. The highest BCUT2D eigenvalue weighted by molar-refractivity contribution is 7.80. The van der Waals surface area contributed by atoms with E-state index in [1.54, 1.807) is 30.3 Å². The summed E-state index contributed by atoms with van der Waals surface area (Å²) in [5.74, 6) is 0.705. The molecule has 5 heteroatoms. The maximum absolute atomic E-state index is 6.06. The van der Waals surface area contributed by atoms with Crippen molar-refractivity contribution in [3.63, 3.8) is 0 Å². The van der Waals surface area contributed by atoms with Crippen LogP contribution in [0.25, 0.3) is 0 Å². The molecule has 0 amide bonds. The van der Waals surface area contributed by atoms with Gasteiger partial charge in [-0.05, 0) is 36.4 Å². The normalized spacial score (nSPS) is 10.2. The molecular weight excluding hydrogens is 301 g/mol. The van der Waals surface area contributed by atoms with Crippen LogP contribution in [0.4, 0.5) is 0 Å². The maximum Gasteiger partial charge on any atom is 0.119 e. The van der Waals surface area contributed by atoms with Crippen molar-refractivity contribution < 1.29 is 4.74 Å². The molecule has 0 aliphatic carbocycles. The van der Waals surface area contributed by atoms with Gasteiger partial charge in [-0.1, -0.05) is 41.5 Å². The van der Waals surface area contributed by atoms with Crippen LogP contribution >= 0.6 is 35.4 Å². The molecule has 0 aliphatic rings. The molecule has 0 unspecified atom stereocenters. The minimum Gasteiger partial charge on any atom is -0.489 e. The van der Waals surface area contributed by atoms with Gasteiger partial charge in [-0.15, -0.1) is 0 Å². The van der Waals surface area contributed by atoms with E-state index >= 15 is 0 Å². The van der Waals surface area contributed by atoms with Gasteiger partial charge in [0.1, 0.15) is 17.3 Å². The van der Waals surface area contributed by atoms with Crippen LogP contribution in [0.3, 0.4) is 0 Å². The summed E-state index contributed by atoms with van der Waals surface area (Å²) in [4.78, 5) is 0.362. The van der Waals surface area contributed by atoms with Crippen molar-refractivity contribution in [1.29, 1.82) is 0 Å². The second-order valence-electron chi connectivity index (χ2n) is 3.88. The zero-order valence-corrected chi connectivity index (χ0v) is 12.2. The molecule has 2 rings (SSSR count). The Balaban J connectivity index is 2.08. The van der Waals surface area contributed by atoms with Crippen molar-refractivity contribution in [2.24, 2.45) is 5.73 Å². The molecule has 0 fully saturated rings. The largest absolute Gasteiger partial charge is 0.489 e. The van der Waals surface area contributed by atoms with Gasteiger partial charge >= 0.3 is 0 Å². The van der Waals surface area contributed by atoms with E-state index in [1.807, 2.05) is 12.1 Å². The Kier molecular flexibility index (Phi) is 4.64. The maximum atomic E-state index is 6.06. The second-order valence-corrected chi connectivity index (χ2v) is 5.13. The molecule has 0 saturated carbocycles. The van der Waals surface area contributed by atoms with Gasteiger partial charge in [-0.3, -0.25) is 0 Å². The third-order valence-corrected chi connectivity index (χ3v) is 3.53. The number of halogens is 2. The van der Waals surface area contributed by atoms with Crippen LogP contribution in [0.1, 0.15) is 11.1 Å². The van der Waals surface area contributed by atoms with Gasteiger partial charge in [-0.25, -0.2) is 0 Å². The molecule has 0 atom stereocenters. The molecule has 0 heterocycles. The summed E-state index contributed by atoms with van der Waals surface area (Å²) in [6.45, 7) is 0.310. The highest BCUT2D eigenvalue weighted by atomic mass is 35.5. The van der Waals surface area contributed by atoms with E-state index in [9.17, 15) is 0 Å². The average Bonchev–Trinajstić information content (AvgIpc) is 2.38. The Morgan fingerprint density at radius 3 is 2.16 bits per heavy atom. The van der Waals surface area contributed by atoms with Gasteiger partial charge < -0.3 is 10.5 Å². The fourth-order valence-corrected chi connectivity index (χ4v) is 2.18. The lowest BCUT2D eigenvalue weighted by Gasteiger charge is -2.09. The van der Waals surface area contributed by atoms with Crippen molar-refractivity contribution in [3.05, 3.63) is 63.6 Å². The lowest BCUT2D eigenvalue weighted by atomic mass is 10.2. The van der Waals surface area contributed by atoms with Crippen LogP contribution in [0.2, 0.25) is 10.0 Å². The van der Waals surface area contributed by atoms with Gasteiger partial charge in [0.2, 0.25) is 0 Å². The summed E-state index contributed by atoms with van der Waals surface area (Å²) < 4.78 is 5.64. The lowest BCUT2D eigenvalue weighted by molar-refractivity contribution is 0.306. The minimum atomic E-state index is 0.310. The van der Waals surface area contributed by atoms with Crippen LogP contribution in [0.15, 0.2) is 42.5 Å². The third kappa shape index (κ3) is 3.60. The Hall–Kier alpha value is -1.29. The van der Waals surface area contributed by atoms with Crippen LogP contribution in [-0.2, 0) is 6.61 Å². The molecule has 0 radical (unpaired) electrons. The van der Waals surface area contributed by atoms with E-state index in [1.165, 1.54) is 0 Å². The summed E-state index contributed by atoms with van der Waals surface area (Å²) in [7, 11) is 0. The predicted molar refractivity (Wildman–Crippen MR) is 83.1 cm³/mol. The number of thiocarbonyl (C=S) groups is 1. The minimum absolute atomic E-state index is 0.310. The Morgan fingerprint density at radius 2 is 1.63 bits per heavy atom. The summed E-state index contributed by atoms with van der Waals surface area (Å²) >= 11 is 17.0. The molecular formula is C14H11Cl2NOS. The van der Waals surface area contributed by atoms with Crippen molar-refractivity contribution in [3.8, 4) is 5.75 Å². The zero-order chi connectivity index (χ0) is 13.8. The van der Waals surface area contributed by atoms with Crippen molar-refractivity contribution in [1.82, 2.24) is 0 Å². The summed E-state index contributed by atoms with van der Waals surface area (Å²) in [5, 5.41) is 1.18. The molecule has 0 aliphatic heterocycles. The van der Waals surface area contributed by atoms with Gasteiger partial charge in [0, 0.05) is 21.2 Å². The average molecular weight is 312 g/mol. The van der Waals surface area contributed by atoms with Gasteiger partial charge in [0.05, 0.1) is 0 Å². The van der Waals surface area contributed by atoms with Crippen molar-refractivity contribution >= 4 is 40.4 Å². The Labute approximate surface area is 127 Å². The van der Waals surface area contributed by atoms with E-state index in [-0.39, 0.29) is 0 Å². The molecule has 2 nitrogen and oxygen atoms in total. The number of nitrogens with two attached hydrogens (primary N) is 1. The second kappa shape index (κ2) is 6.24. The first kappa shape index (κ1) is 14.1. The molecule has 2 N–H and O–H groups in total. The molecule has 0 bridgehead atoms. The molecule has 0 aromatic heterocycles. The SMILES string of the molecule is NC(=S)c1ccc(OCc2c(Cl)cccc2Cl)cc1. The number of rotatable bonds is 4. The van der Waals surface area contributed by atoms with E-state index < -0.39 is 0 Å². The smallest absolute Gasteiger partial charge is 0.119 e. The highest BCUT2D eigenvalue weighted by Crippen LogP contribution is 2.25. The fraction of sp³-hybridized carbons (Fsp3) is 0.0714. The van der Waals surface area contributed by atoms with Crippen LogP contribution in [0, 0.1) is 0 Å². The van der Waals surface area contributed by atoms with E-state index in [2.05, 4.69) is 0 Å². The van der Waals surface area contributed by atoms with Gasteiger partial charge in [0.15, 0.2) is 0 Å². The molecule has 98 valence electrons. The van der Waals surface area contributed by atoms with E-state index in [0.29, 0.717) is 27.4 Å². The first-order valence-electron chi connectivity index (χ1n) is 5.53. The van der Waals surface area contributed by atoms with Gasteiger partial charge in [-0.2, -0.15) is 0 Å². The third-order valence-electron chi connectivity index (χ3n) is 2.58. The van der Waals surface area contributed by atoms with Crippen LogP contribution < -0.4 is 10.5 Å². The van der Waals surface area contributed by atoms with E-state index in [0.717, 1.165) is 11.1 Å². The molecule has 0 saturated heterocycles. The first-order chi connectivity index (χ1) is 9.08. The number of hydrogen-bond donors (Lipinski definition) is 1. The quantitative estimate of drug-likeness (QED) is 0.859. The van der Waals surface area contributed by atoms with Crippen molar-refractivity contribution in [2.45, 2.75) is 6.61 Å². The topological polar surface area (TPSA) is 35.2 Å². The van der Waals surface area contributed by atoms with Gasteiger partial charge in [0.25, 0.3) is 0 Å². The molecule has 19 heavy (non-hydrogen) atoms. The van der Waals surface area contributed by atoms with Crippen LogP contribution in [0.5, 0.6) is 5.75 Å². The fourth-order valence-electron chi connectivity index (χ4n) is 1.54. The Morgan fingerprint density at radius 1 is 1.05 bits per heavy atom. The standard InChI is InChI=1S/C14H11Cl2NOS/c15-12-2-1-3-13(16)11(12)8-18-10-6-4-9(5-7-10)14(17)19/h1-7H,8H2,(H2,17,19). The Bertz CT molecular complexity index is 579. The summed E-state index contributed by atoms with van der Waals surface area (Å²) in [5.41, 5.74) is 7.10. The molecule has 2 aromatic rings. The molecule has 2 aromatic carbocycles. The summed E-state index contributed by atoms with van der Waals surface area (Å²) in [6.07, 6.45) is 0. The number of benzene rings is 2. The number of hydrogen-bond acceptors (Lipinski definition) is 2. The number of ether oxygens (including phenoxy) is 1. The monoisotopic (exact) mass is 311 g/mol.